The van der Waals surface area contributed by atoms with E-state index in [1.165, 1.54) is 11.8 Å². The average Bonchev–Trinajstić information content (AvgIpc) is 2.88. The highest BCUT2D eigenvalue weighted by molar-refractivity contribution is 8.01. The zero-order valence-electron chi connectivity index (χ0n) is 8.97. The molecule has 0 aliphatic rings. The molecule has 0 atom stereocenters. The molecule has 3 rings (SSSR count). The molecule has 0 spiro atoms. The molecule has 0 aliphatic heterocycles. The maximum Gasteiger partial charge on any atom is 0.179 e. The zero-order chi connectivity index (χ0) is 11.8. The molecule has 86 valence electrons. The molecule has 0 aliphatic carbocycles. The number of benzene rings is 1. The molecule has 0 bridgehead atoms. The largest absolute Gasteiger partial charge is 0.398 e. The Balaban J connectivity index is 2.01. The molecule has 2 heterocycles. The van der Waals surface area contributed by atoms with Crippen LogP contribution in [0, 0.1) is 6.92 Å². The summed E-state index contributed by atoms with van der Waals surface area (Å²) in [4.78, 5) is 0.970. The van der Waals surface area contributed by atoms with E-state index in [1.807, 2.05) is 19.1 Å². The SMILES string of the molecule is Cc1nnc(Sc2cc3[nH]ncc3cc2N)s1. The summed E-state index contributed by atoms with van der Waals surface area (Å²) in [6.45, 7) is 1.93. The molecule has 0 saturated heterocycles. The summed E-state index contributed by atoms with van der Waals surface area (Å²) in [5.41, 5.74) is 7.70. The average molecular weight is 263 g/mol. The summed E-state index contributed by atoms with van der Waals surface area (Å²) in [6.07, 6.45) is 1.76. The van der Waals surface area contributed by atoms with E-state index in [2.05, 4.69) is 20.4 Å². The van der Waals surface area contributed by atoms with Crippen molar-refractivity contribution >= 4 is 39.7 Å². The van der Waals surface area contributed by atoms with Crippen LogP contribution in [0.5, 0.6) is 0 Å². The van der Waals surface area contributed by atoms with E-state index in [1.54, 1.807) is 17.5 Å². The Labute approximate surface area is 105 Å². The van der Waals surface area contributed by atoms with Crippen LogP contribution in [0.2, 0.25) is 0 Å². The van der Waals surface area contributed by atoms with Crippen molar-refractivity contribution in [1.29, 1.82) is 0 Å². The van der Waals surface area contributed by atoms with Gasteiger partial charge in [0, 0.05) is 16.0 Å². The number of aryl methyl sites for hydroxylation is 1. The first-order valence-corrected chi connectivity index (χ1v) is 6.56. The Morgan fingerprint density at radius 3 is 3.00 bits per heavy atom. The van der Waals surface area contributed by atoms with E-state index in [0.717, 1.165) is 30.8 Å². The van der Waals surface area contributed by atoms with Crippen molar-refractivity contribution in [1.82, 2.24) is 20.4 Å². The van der Waals surface area contributed by atoms with Crippen LogP contribution in [0.15, 0.2) is 27.6 Å². The highest BCUT2D eigenvalue weighted by Gasteiger charge is 2.08. The molecule has 3 aromatic rings. The lowest BCUT2D eigenvalue weighted by atomic mass is 10.2. The van der Waals surface area contributed by atoms with Gasteiger partial charge >= 0.3 is 0 Å². The number of aromatic nitrogens is 4. The maximum absolute atomic E-state index is 5.99. The molecule has 2 aromatic heterocycles. The minimum atomic E-state index is 0.733. The summed E-state index contributed by atoms with van der Waals surface area (Å²) in [5.74, 6) is 0. The lowest BCUT2D eigenvalue weighted by Gasteiger charge is -2.02. The van der Waals surface area contributed by atoms with E-state index in [-0.39, 0.29) is 0 Å². The van der Waals surface area contributed by atoms with Gasteiger partial charge in [0.05, 0.1) is 11.7 Å². The normalized spacial score (nSPS) is 11.1. The first-order chi connectivity index (χ1) is 8.22. The molecule has 7 heteroatoms. The number of nitrogens with one attached hydrogen (secondary N) is 1. The Kier molecular flexibility index (Phi) is 2.49. The number of hydrogen-bond acceptors (Lipinski definition) is 6. The molecule has 0 radical (unpaired) electrons. The van der Waals surface area contributed by atoms with Crippen LogP contribution in [-0.2, 0) is 0 Å². The lowest BCUT2D eigenvalue weighted by molar-refractivity contribution is 0.984. The third kappa shape index (κ3) is 1.98. The molecule has 1 aromatic carbocycles. The number of nitrogens with zero attached hydrogens (tertiary/aromatic N) is 3. The van der Waals surface area contributed by atoms with Gasteiger partial charge < -0.3 is 5.73 Å². The Bertz CT molecular complexity index is 672. The molecule has 5 nitrogen and oxygen atoms in total. The van der Waals surface area contributed by atoms with Crippen LogP contribution >= 0.6 is 23.1 Å². The van der Waals surface area contributed by atoms with Crippen LogP contribution in [0.1, 0.15) is 5.01 Å². The summed E-state index contributed by atoms with van der Waals surface area (Å²) >= 11 is 3.08. The van der Waals surface area contributed by atoms with Gasteiger partial charge in [0.2, 0.25) is 0 Å². The van der Waals surface area contributed by atoms with Crippen LogP contribution in [-0.4, -0.2) is 20.4 Å². The van der Waals surface area contributed by atoms with Crippen molar-refractivity contribution in [2.75, 3.05) is 5.73 Å². The van der Waals surface area contributed by atoms with E-state index in [4.69, 9.17) is 5.73 Å². The predicted molar refractivity (Wildman–Crippen MR) is 69.3 cm³/mol. The van der Waals surface area contributed by atoms with Gasteiger partial charge in [-0.3, -0.25) is 5.10 Å². The standard InChI is InChI=1S/C10H9N5S2/c1-5-13-15-10(16-5)17-9-3-8-6(2-7(9)11)4-12-14-8/h2-4H,11H2,1H3,(H,12,14). The number of rotatable bonds is 2. The molecule has 17 heavy (non-hydrogen) atoms. The topological polar surface area (TPSA) is 80.5 Å². The molecular formula is C10H9N5S2. The Morgan fingerprint density at radius 2 is 2.24 bits per heavy atom. The summed E-state index contributed by atoms with van der Waals surface area (Å²) in [6, 6.07) is 3.90. The first-order valence-electron chi connectivity index (χ1n) is 4.93. The minimum Gasteiger partial charge on any atom is -0.398 e. The molecular weight excluding hydrogens is 254 g/mol. The van der Waals surface area contributed by atoms with Crippen molar-refractivity contribution in [2.24, 2.45) is 0 Å². The van der Waals surface area contributed by atoms with Gasteiger partial charge in [-0.1, -0.05) is 23.1 Å². The van der Waals surface area contributed by atoms with Crippen molar-refractivity contribution in [3.8, 4) is 0 Å². The van der Waals surface area contributed by atoms with Gasteiger partial charge in [-0.2, -0.15) is 5.10 Å². The smallest absolute Gasteiger partial charge is 0.179 e. The van der Waals surface area contributed by atoms with Gasteiger partial charge in [0.25, 0.3) is 0 Å². The van der Waals surface area contributed by atoms with Gasteiger partial charge in [0.15, 0.2) is 4.34 Å². The lowest BCUT2D eigenvalue weighted by Crippen LogP contribution is -1.88. The minimum absolute atomic E-state index is 0.733. The molecule has 0 unspecified atom stereocenters. The summed E-state index contributed by atoms with van der Waals surface area (Å²) in [5, 5.41) is 16.9. The van der Waals surface area contributed by atoms with E-state index in [9.17, 15) is 0 Å². The highest BCUT2D eigenvalue weighted by Crippen LogP contribution is 2.35. The fraction of sp³-hybridized carbons (Fsp3) is 0.100. The second-order valence-corrected chi connectivity index (χ2v) is 6.01. The first kappa shape index (κ1) is 10.5. The van der Waals surface area contributed by atoms with Crippen LogP contribution in [0.3, 0.4) is 0 Å². The summed E-state index contributed by atoms with van der Waals surface area (Å²) in [7, 11) is 0. The quantitative estimate of drug-likeness (QED) is 0.694. The summed E-state index contributed by atoms with van der Waals surface area (Å²) < 4.78 is 0.896. The Hall–Kier alpha value is -1.60. The fourth-order valence-electron chi connectivity index (χ4n) is 1.49. The number of H-pyrrole nitrogens is 1. The van der Waals surface area contributed by atoms with Crippen LogP contribution in [0.4, 0.5) is 5.69 Å². The fourth-order valence-corrected chi connectivity index (χ4v) is 3.33. The molecule has 3 N–H and O–H groups in total. The third-order valence-electron chi connectivity index (χ3n) is 2.28. The van der Waals surface area contributed by atoms with Gasteiger partial charge in [-0.05, 0) is 19.1 Å². The number of fused-ring (bicyclic) bond motifs is 1. The van der Waals surface area contributed by atoms with Gasteiger partial charge in [-0.25, -0.2) is 0 Å². The maximum atomic E-state index is 5.99. The van der Waals surface area contributed by atoms with E-state index in [0.29, 0.717) is 0 Å². The van der Waals surface area contributed by atoms with E-state index >= 15 is 0 Å². The van der Waals surface area contributed by atoms with Crippen molar-refractivity contribution in [3.05, 3.63) is 23.3 Å². The number of hydrogen-bond donors (Lipinski definition) is 2. The number of nitrogens with two attached hydrogens (primary N) is 1. The van der Waals surface area contributed by atoms with Gasteiger partial charge in [0.1, 0.15) is 5.01 Å². The van der Waals surface area contributed by atoms with Crippen LogP contribution in [0.25, 0.3) is 10.9 Å². The predicted octanol–water partition coefficient (Wildman–Crippen LogP) is 2.46. The van der Waals surface area contributed by atoms with Crippen molar-refractivity contribution in [3.63, 3.8) is 0 Å². The number of nitrogen functional groups attached to an aromatic ring is 1. The van der Waals surface area contributed by atoms with Crippen molar-refractivity contribution in [2.45, 2.75) is 16.2 Å². The van der Waals surface area contributed by atoms with E-state index < -0.39 is 0 Å². The van der Waals surface area contributed by atoms with Gasteiger partial charge in [-0.15, -0.1) is 10.2 Å². The monoisotopic (exact) mass is 263 g/mol. The van der Waals surface area contributed by atoms with Crippen molar-refractivity contribution < 1.29 is 0 Å². The second-order valence-electron chi connectivity index (χ2n) is 3.54. The molecule has 0 saturated carbocycles. The number of anilines is 1. The third-order valence-corrected chi connectivity index (χ3v) is 4.24. The van der Waals surface area contributed by atoms with Crippen LogP contribution < -0.4 is 5.73 Å². The Morgan fingerprint density at radius 1 is 1.35 bits per heavy atom. The zero-order valence-corrected chi connectivity index (χ0v) is 10.6. The second kappa shape index (κ2) is 4.01. The molecule has 0 amide bonds. The highest BCUT2D eigenvalue weighted by atomic mass is 32.2. The number of aromatic amines is 1. The molecule has 0 fully saturated rings.